The Morgan fingerprint density at radius 3 is 2.67 bits per heavy atom. The van der Waals surface area contributed by atoms with E-state index in [0.717, 1.165) is 17.0 Å². The SMILES string of the molecule is COc1ccc(C)c(-c2ccccn2)c1. The minimum absolute atomic E-state index is 0.862. The molecule has 0 saturated carbocycles. The first-order chi connectivity index (χ1) is 7.31. The van der Waals surface area contributed by atoms with E-state index in [1.165, 1.54) is 5.56 Å². The fourth-order valence-electron chi connectivity index (χ4n) is 1.53. The van der Waals surface area contributed by atoms with Crippen LogP contribution < -0.4 is 4.74 Å². The van der Waals surface area contributed by atoms with Crippen molar-refractivity contribution in [2.24, 2.45) is 0 Å². The third kappa shape index (κ3) is 1.99. The minimum atomic E-state index is 0.862. The molecule has 76 valence electrons. The molecule has 2 aromatic rings. The molecule has 0 unspecified atom stereocenters. The largest absolute Gasteiger partial charge is 0.497 e. The summed E-state index contributed by atoms with van der Waals surface area (Å²) in [5.74, 6) is 0.862. The van der Waals surface area contributed by atoms with Crippen molar-refractivity contribution >= 4 is 0 Å². The Bertz CT molecular complexity index is 451. The van der Waals surface area contributed by atoms with Crippen molar-refractivity contribution in [3.63, 3.8) is 0 Å². The van der Waals surface area contributed by atoms with Gasteiger partial charge in [0.25, 0.3) is 0 Å². The third-order valence-corrected chi connectivity index (χ3v) is 2.39. The number of ether oxygens (including phenoxy) is 1. The molecule has 0 radical (unpaired) electrons. The van der Waals surface area contributed by atoms with Gasteiger partial charge in [-0.2, -0.15) is 0 Å². The van der Waals surface area contributed by atoms with Crippen molar-refractivity contribution in [3.05, 3.63) is 48.2 Å². The Balaban J connectivity index is 2.52. The van der Waals surface area contributed by atoms with Crippen molar-refractivity contribution in [2.75, 3.05) is 7.11 Å². The molecule has 1 heterocycles. The highest BCUT2D eigenvalue weighted by Gasteiger charge is 2.03. The molecular formula is C13H13NO. The number of rotatable bonds is 2. The van der Waals surface area contributed by atoms with Gasteiger partial charge < -0.3 is 4.74 Å². The minimum Gasteiger partial charge on any atom is -0.497 e. The van der Waals surface area contributed by atoms with E-state index in [1.807, 2.05) is 36.4 Å². The number of hydrogen-bond donors (Lipinski definition) is 0. The van der Waals surface area contributed by atoms with Gasteiger partial charge in [-0.15, -0.1) is 0 Å². The second-order valence-electron chi connectivity index (χ2n) is 3.40. The number of aromatic nitrogens is 1. The van der Waals surface area contributed by atoms with Crippen LogP contribution in [0.3, 0.4) is 0 Å². The molecule has 1 aromatic heterocycles. The number of methoxy groups -OCH3 is 1. The lowest BCUT2D eigenvalue weighted by Crippen LogP contribution is -1.89. The summed E-state index contributed by atoms with van der Waals surface area (Å²) in [5, 5.41) is 0. The van der Waals surface area contributed by atoms with E-state index in [-0.39, 0.29) is 0 Å². The predicted octanol–water partition coefficient (Wildman–Crippen LogP) is 3.07. The molecule has 0 spiro atoms. The summed E-state index contributed by atoms with van der Waals surface area (Å²) in [6.45, 7) is 2.07. The lowest BCUT2D eigenvalue weighted by Gasteiger charge is -2.07. The van der Waals surface area contributed by atoms with E-state index in [9.17, 15) is 0 Å². The van der Waals surface area contributed by atoms with Crippen molar-refractivity contribution in [1.82, 2.24) is 4.98 Å². The van der Waals surface area contributed by atoms with E-state index >= 15 is 0 Å². The molecule has 0 fully saturated rings. The topological polar surface area (TPSA) is 22.1 Å². The molecule has 0 bridgehead atoms. The fraction of sp³-hybridized carbons (Fsp3) is 0.154. The van der Waals surface area contributed by atoms with Gasteiger partial charge in [-0.1, -0.05) is 12.1 Å². The van der Waals surface area contributed by atoms with E-state index in [1.54, 1.807) is 13.3 Å². The van der Waals surface area contributed by atoms with Gasteiger partial charge in [-0.3, -0.25) is 4.98 Å². The molecule has 0 atom stereocenters. The van der Waals surface area contributed by atoms with Gasteiger partial charge in [0.15, 0.2) is 0 Å². The quantitative estimate of drug-likeness (QED) is 0.741. The van der Waals surface area contributed by atoms with Crippen LogP contribution in [0.25, 0.3) is 11.3 Å². The number of aryl methyl sites for hydroxylation is 1. The van der Waals surface area contributed by atoms with Gasteiger partial charge in [0.1, 0.15) is 5.75 Å². The monoisotopic (exact) mass is 199 g/mol. The Labute approximate surface area is 89.6 Å². The Morgan fingerprint density at radius 2 is 2.00 bits per heavy atom. The summed E-state index contributed by atoms with van der Waals surface area (Å²) in [4.78, 5) is 4.33. The lowest BCUT2D eigenvalue weighted by molar-refractivity contribution is 0.415. The average Bonchev–Trinajstić information content (AvgIpc) is 2.31. The van der Waals surface area contributed by atoms with Gasteiger partial charge in [0, 0.05) is 11.8 Å². The van der Waals surface area contributed by atoms with Crippen LogP contribution in [-0.2, 0) is 0 Å². The molecule has 2 nitrogen and oxygen atoms in total. The number of benzene rings is 1. The molecule has 2 heteroatoms. The zero-order valence-corrected chi connectivity index (χ0v) is 8.90. The van der Waals surface area contributed by atoms with Crippen LogP contribution in [0.1, 0.15) is 5.56 Å². The molecule has 0 aliphatic carbocycles. The first kappa shape index (κ1) is 9.71. The van der Waals surface area contributed by atoms with Crippen LogP contribution >= 0.6 is 0 Å². The van der Waals surface area contributed by atoms with E-state index in [2.05, 4.69) is 11.9 Å². The fourth-order valence-corrected chi connectivity index (χ4v) is 1.53. The third-order valence-electron chi connectivity index (χ3n) is 2.39. The van der Waals surface area contributed by atoms with E-state index in [0.29, 0.717) is 0 Å². The molecule has 0 amide bonds. The number of pyridine rings is 1. The Hall–Kier alpha value is -1.83. The summed E-state index contributed by atoms with van der Waals surface area (Å²) in [6, 6.07) is 11.9. The maximum absolute atomic E-state index is 5.20. The second kappa shape index (κ2) is 4.13. The van der Waals surface area contributed by atoms with Crippen LogP contribution in [-0.4, -0.2) is 12.1 Å². The maximum atomic E-state index is 5.20. The zero-order chi connectivity index (χ0) is 10.7. The molecule has 2 rings (SSSR count). The van der Waals surface area contributed by atoms with Crippen molar-refractivity contribution in [2.45, 2.75) is 6.92 Å². The Kier molecular flexibility index (Phi) is 2.68. The number of nitrogens with zero attached hydrogens (tertiary/aromatic N) is 1. The highest BCUT2D eigenvalue weighted by molar-refractivity contribution is 5.65. The standard InChI is InChI=1S/C13H13NO/c1-10-6-7-11(15-2)9-12(10)13-5-3-4-8-14-13/h3-9H,1-2H3. The Morgan fingerprint density at radius 1 is 1.13 bits per heavy atom. The van der Waals surface area contributed by atoms with Gasteiger partial charge in [0.2, 0.25) is 0 Å². The molecule has 0 N–H and O–H groups in total. The van der Waals surface area contributed by atoms with Gasteiger partial charge in [0.05, 0.1) is 12.8 Å². The maximum Gasteiger partial charge on any atom is 0.119 e. The van der Waals surface area contributed by atoms with Gasteiger partial charge >= 0.3 is 0 Å². The average molecular weight is 199 g/mol. The molecular weight excluding hydrogens is 186 g/mol. The highest BCUT2D eigenvalue weighted by Crippen LogP contribution is 2.25. The molecule has 0 saturated heterocycles. The van der Waals surface area contributed by atoms with Crippen LogP contribution in [0, 0.1) is 6.92 Å². The first-order valence-electron chi connectivity index (χ1n) is 4.87. The summed E-state index contributed by atoms with van der Waals surface area (Å²) < 4.78 is 5.20. The van der Waals surface area contributed by atoms with Crippen molar-refractivity contribution < 1.29 is 4.74 Å². The second-order valence-corrected chi connectivity index (χ2v) is 3.40. The van der Waals surface area contributed by atoms with Crippen molar-refractivity contribution in [1.29, 1.82) is 0 Å². The van der Waals surface area contributed by atoms with Crippen molar-refractivity contribution in [3.8, 4) is 17.0 Å². The summed E-state index contributed by atoms with van der Waals surface area (Å²) in [5.41, 5.74) is 3.30. The molecule has 0 aliphatic rings. The van der Waals surface area contributed by atoms with Crippen LogP contribution in [0.15, 0.2) is 42.6 Å². The summed E-state index contributed by atoms with van der Waals surface area (Å²) in [6.07, 6.45) is 1.80. The lowest BCUT2D eigenvalue weighted by atomic mass is 10.0. The smallest absolute Gasteiger partial charge is 0.119 e. The summed E-state index contributed by atoms with van der Waals surface area (Å²) >= 11 is 0. The van der Waals surface area contributed by atoms with E-state index in [4.69, 9.17) is 4.74 Å². The van der Waals surface area contributed by atoms with Crippen LogP contribution in [0.2, 0.25) is 0 Å². The molecule has 1 aromatic carbocycles. The summed E-state index contributed by atoms with van der Waals surface area (Å²) in [7, 11) is 1.67. The van der Waals surface area contributed by atoms with Gasteiger partial charge in [-0.05, 0) is 36.8 Å². The van der Waals surface area contributed by atoms with Crippen LogP contribution in [0.4, 0.5) is 0 Å². The molecule has 15 heavy (non-hydrogen) atoms. The first-order valence-corrected chi connectivity index (χ1v) is 4.87. The predicted molar refractivity (Wildman–Crippen MR) is 61.0 cm³/mol. The molecule has 0 aliphatic heterocycles. The zero-order valence-electron chi connectivity index (χ0n) is 8.90. The normalized spacial score (nSPS) is 10.0. The van der Waals surface area contributed by atoms with Crippen LogP contribution in [0.5, 0.6) is 5.75 Å². The number of hydrogen-bond acceptors (Lipinski definition) is 2. The van der Waals surface area contributed by atoms with Gasteiger partial charge in [-0.25, -0.2) is 0 Å². The highest BCUT2D eigenvalue weighted by atomic mass is 16.5. The van der Waals surface area contributed by atoms with E-state index < -0.39 is 0 Å².